The molecule has 2 aromatic carbocycles. The molecule has 1 saturated heterocycles. The number of halogens is 1. The Hall–Kier alpha value is -1.74. The number of hydrogen-bond donors (Lipinski definition) is 0. The molecule has 0 saturated carbocycles. The van der Waals surface area contributed by atoms with Crippen molar-refractivity contribution in [1.29, 1.82) is 0 Å². The Balaban J connectivity index is 1.78. The Labute approximate surface area is 167 Å². The molecular formula is C19H20BrNO5S. The summed E-state index contributed by atoms with van der Waals surface area (Å²) in [6.45, 7) is 3.22. The highest BCUT2D eigenvalue weighted by Crippen LogP contribution is 2.21. The van der Waals surface area contributed by atoms with Crippen molar-refractivity contribution in [1.82, 2.24) is 4.31 Å². The van der Waals surface area contributed by atoms with Crippen LogP contribution < -0.4 is 0 Å². The summed E-state index contributed by atoms with van der Waals surface area (Å²) in [4.78, 5) is 12.6. The van der Waals surface area contributed by atoms with Crippen molar-refractivity contribution < 1.29 is 22.7 Å². The van der Waals surface area contributed by atoms with Crippen LogP contribution in [0.3, 0.4) is 0 Å². The predicted octanol–water partition coefficient (Wildman–Crippen LogP) is 3.14. The van der Waals surface area contributed by atoms with Crippen molar-refractivity contribution in [2.45, 2.75) is 18.4 Å². The van der Waals surface area contributed by atoms with Gasteiger partial charge in [-0.2, -0.15) is 4.31 Å². The second kappa shape index (κ2) is 8.52. The van der Waals surface area contributed by atoms with Gasteiger partial charge in [0.2, 0.25) is 10.0 Å². The number of rotatable bonds is 5. The number of nitrogens with zero attached hydrogens (tertiary/aromatic N) is 1. The lowest BCUT2D eigenvalue weighted by molar-refractivity contribution is 0.0471. The molecule has 1 aliphatic rings. The molecular weight excluding hydrogens is 434 g/mol. The molecule has 144 valence electrons. The van der Waals surface area contributed by atoms with E-state index in [0.717, 1.165) is 10.0 Å². The van der Waals surface area contributed by atoms with Gasteiger partial charge >= 0.3 is 5.97 Å². The van der Waals surface area contributed by atoms with Crippen LogP contribution in [0, 0.1) is 6.92 Å². The summed E-state index contributed by atoms with van der Waals surface area (Å²) < 4.78 is 38.5. The molecule has 8 heteroatoms. The third-order valence-corrected chi connectivity index (χ3v) is 6.74. The molecule has 1 aliphatic heterocycles. The SMILES string of the molecule is Cc1ccc(S(=O)(=O)N2CCOCC2)cc1C(=O)OCc1ccc(Br)cc1. The first-order valence-electron chi connectivity index (χ1n) is 8.48. The minimum absolute atomic E-state index is 0.0885. The minimum Gasteiger partial charge on any atom is -0.457 e. The zero-order valence-corrected chi connectivity index (χ0v) is 17.3. The lowest BCUT2D eigenvalue weighted by atomic mass is 10.1. The zero-order chi connectivity index (χ0) is 19.4. The van der Waals surface area contributed by atoms with Gasteiger partial charge < -0.3 is 9.47 Å². The second-order valence-corrected chi connectivity index (χ2v) is 9.05. The molecule has 0 radical (unpaired) electrons. The lowest BCUT2D eigenvalue weighted by Crippen LogP contribution is -2.40. The van der Waals surface area contributed by atoms with Crippen molar-refractivity contribution in [2.75, 3.05) is 26.3 Å². The number of morpholine rings is 1. The third-order valence-electron chi connectivity index (χ3n) is 4.32. The Bertz CT molecular complexity index is 922. The molecule has 1 fully saturated rings. The largest absolute Gasteiger partial charge is 0.457 e. The number of carbonyl (C=O) groups excluding carboxylic acids is 1. The molecule has 0 amide bonds. The number of sulfonamides is 1. The summed E-state index contributed by atoms with van der Waals surface area (Å²) >= 11 is 3.35. The van der Waals surface area contributed by atoms with Crippen LogP contribution in [0.2, 0.25) is 0 Å². The van der Waals surface area contributed by atoms with E-state index in [1.54, 1.807) is 13.0 Å². The second-order valence-electron chi connectivity index (χ2n) is 6.20. The number of ether oxygens (including phenoxy) is 2. The average Bonchev–Trinajstić information content (AvgIpc) is 2.68. The van der Waals surface area contributed by atoms with Gasteiger partial charge in [0, 0.05) is 17.6 Å². The lowest BCUT2D eigenvalue weighted by Gasteiger charge is -2.26. The minimum atomic E-state index is -3.67. The van der Waals surface area contributed by atoms with Gasteiger partial charge in [0.25, 0.3) is 0 Å². The Kier molecular flexibility index (Phi) is 6.31. The van der Waals surface area contributed by atoms with Crippen LogP contribution >= 0.6 is 15.9 Å². The molecule has 0 N–H and O–H groups in total. The van der Waals surface area contributed by atoms with Crippen LogP contribution in [-0.2, 0) is 26.1 Å². The quantitative estimate of drug-likeness (QED) is 0.650. The molecule has 2 aromatic rings. The maximum Gasteiger partial charge on any atom is 0.338 e. The number of carbonyl (C=O) groups is 1. The fraction of sp³-hybridized carbons (Fsp3) is 0.316. The van der Waals surface area contributed by atoms with E-state index < -0.39 is 16.0 Å². The van der Waals surface area contributed by atoms with E-state index in [9.17, 15) is 13.2 Å². The Morgan fingerprint density at radius 1 is 1.15 bits per heavy atom. The molecule has 27 heavy (non-hydrogen) atoms. The zero-order valence-electron chi connectivity index (χ0n) is 14.9. The maximum absolute atomic E-state index is 12.8. The molecule has 0 spiro atoms. The normalized spacial score (nSPS) is 15.5. The summed E-state index contributed by atoms with van der Waals surface area (Å²) in [7, 11) is -3.67. The first kappa shape index (κ1) is 20.0. The molecule has 0 atom stereocenters. The summed E-state index contributed by atoms with van der Waals surface area (Å²) in [5.41, 5.74) is 1.76. The number of esters is 1. The molecule has 6 nitrogen and oxygen atoms in total. The van der Waals surface area contributed by atoms with E-state index in [4.69, 9.17) is 9.47 Å². The third kappa shape index (κ3) is 4.76. The molecule has 3 rings (SSSR count). The highest BCUT2D eigenvalue weighted by Gasteiger charge is 2.27. The van der Waals surface area contributed by atoms with Crippen LogP contribution in [0.25, 0.3) is 0 Å². The van der Waals surface area contributed by atoms with Crippen LogP contribution in [0.4, 0.5) is 0 Å². The van der Waals surface area contributed by atoms with Crippen molar-refractivity contribution in [3.05, 3.63) is 63.6 Å². The topological polar surface area (TPSA) is 72.9 Å². The highest BCUT2D eigenvalue weighted by atomic mass is 79.9. The number of benzene rings is 2. The fourth-order valence-electron chi connectivity index (χ4n) is 2.72. The van der Waals surface area contributed by atoms with E-state index in [1.165, 1.54) is 16.4 Å². The first-order valence-corrected chi connectivity index (χ1v) is 10.7. The van der Waals surface area contributed by atoms with E-state index in [0.29, 0.717) is 31.9 Å². The van der Waals surface area contributed by atoms with Crippen LogP contribution in [0.15, 0.2) is 51.8 Å². The van der Waals surface area contributed by atoms with Crippen LogP contribution in [0.5, 0.6) is 0 Å². The van der Waals surface area contributed by atoms with Gasteiger partial charge in [0.1, 0.15) is 6.61 Å². The smallest absolute Gasteiger partial charge is 0.338 e. The van der Waals surface area contributed by atoms with Gasteiger partial charge in [-0.3, -0.25) is 0 Å². The average molecular weight is 454 g/mol. The Morgan fingerprint density at radius 3 is 2.48 bits per heavy atom. The van der Waals surface area contributed by atoms with Gasteiger partial charge in [0.15, 0.2) is 0 Å². The Morgan fingerprint density at radius 2 is 1.81 bits per heavy atom. The van der Waals surface area contributed by atoms with Gasteiger partial charge in [-0.15, -0.1) is 0 Å². The van der Waals surface area contributed by atoms with Crippen LogP contribution in [0.1, 0.15) is 21.5 Å². The molecule has 0 bridgehead atoms. The standard InChI is InChI=1S/C19H20BrNO5S/c1-14-2-7-17(27(23,24)21-8-10-25-11-9-21)12-18(14)19(22)26-13-15-3-5-16(20)6-4-15/h2-7,12H,8-11,13H2,1H3. The number of hydrogen-bond acceptors (Lipinski definition) is 5. The van der Waals surface area contributed by atoms with Crippen molar-refractivity contribution >= 4 is 31.9 Å². The van der Waals surface area contributed by atoms with E-state index in [2.05, 4.69) is 15.9 Å². The van der Waals surface area contributed by atoms with E-state index in [1.807, 2.05) is 24.3 Å². The summed E-state index contributed by atoms with van der Waals surface area (Å²) in [5.74, 6) is -0.547. The molecule has 0 unspecified atom stereocenters. The van der Waals surface area contributed by atoms with Crippen molar-refractivity contribution in [3.8, 4) is 0 Å². The summed E-state index contributed by atoms with van der Waals surface area (Å²) in [6.07, 6.45) is 0. The van der Waals surface area contributed by atoms with Crippen molar-refractivity contribution in [2.24, 2.45) is 0 Å². The fourth-order valence-corrected chi connectivity index (χ4v) is 4.42. The molecule has 0 aromatic heterocycles. The van der Waals surface area contributed by atoms with E-state index in [-0.39, 0.29) is 17.1 Å². The van der Waals surface area contributed by atoms with Crippen LogP contribution in [-0.4, -0.2) is 45.0 Å². The maximum atomic E-state index is 12.8. The van der Waals surface area contributed by atoms with Gasteiger partial charge in [0.05, 0.1) is 23.7 Å². The molecule has 0 aliphatic carbocycles. The summed E-state index contributed by atoms with van der Waals surface area (Å²) in [5, 5.41) is 0. The predicted molar refractivity (Wildman–Crippen MR) is 104 cm³/mol. The highest BCUT2D eigenvalue weighted by molar-refractivity contribution is 9.10. The monoisotopic (exact) mass is 453 g/mol. The molecule has 1 heterocycles. The van der Waals surface area contributed by atoms with Gasteiger partial charge in [-0.05, 0) is 42.3 Å². The van der Waals surface area contributed by atoms with Crippen molar-refractivity contribution in [3.63, 3.8) is 0 Å². The first-order chi connectivity index (χ1) is 12.9. The van der Waals surface area contributed by atoms with E-state index >= 15 is 0 Å². The van der Waals surface area contributed by atoms with Gasteiger partial charge in [-0.25, -0.2) is 13.2 Å². The summed E-state index contributed by atoms with van der Waals surface area (Å²) in [6, 6.07) is 12.0. The van der Waals surface area contributed by atoms with Gasteiger partial charge in [-0.1, -0.05) is 34.1 Å². The number of aryl methyl sites for hydroxylation is 1.